The highest BCUT2D eigenvalue weighted by atomic mass is 35.5. The Morgan fingerprint density at radius 2 is 2.25 bits per heavy atom. The van der Waals surface area contributed by atoms with Gasteiger partial charge in [-0.3, -0.25) is 0 Å². The first kappa shape index (κ1) is 9.02. The molecule has 1 atom stereocenters. The number of hydrogen-bond donors (Lipinski definition) is 0. The van der Waals surface area contributed by atoms with Gasteiger partial charge in [-0.2, -0.15) is 5.26 Å². The van der Waals surface area contributed by atoms with Crippen LogP contribution in [0, 0.1) is 11.3 Å². The molecule has 12 heavy (non-hydrogen) atoms. The van der Waals surface area contributed by atoms with Crippen LogP contribution in [0.2, 0.25) is 5.02 Å². The minimum absolute atomic E-state index is 0.305. The summed E-state index contributed by atoms with van der Waals surface area (Å²) in [7, 11) is 0. The second-order valence-electron chi connectivity index (χ2n) is 2.47. The van der Waals surface area contributed by atoms with Crippen LogP contribution in [0.4, 0.5) is 4.39 Å². The summed E-state index contributed by atoms with van der Waals surface area (Å²) in [6.45, 7) is 1.43. The fourth-order valence-electron chi connectivity index (χ4n) is 0.869. The summed E-state index contributed by atoms with van der Waals surface area (Å²) in [5, 5.41) is 8.82. The normalized spacial score (nSPS) is 12.2. The number of nitriles is 1. The number of rotatable bonds is 1. The first-order valence-corrected chi connectivity index (χ1v) is 3.86. The van der Waals surface area contributed by atoms with E-state index in [0.717, 1.165) is 0 Å². The van der Waals surface area contributed by atoms with Crippen molar-refractivity contribution >= 4 is 11.6 Å². The molecule has 1 unspecified atom stereocenters. The molecule has 0 aliphatic carbocycles. The number of alkyl halides is 1. The van der Waals surface area contributed by atoms with E-state index in [-0.39, 0.29) is 0 Å². The van der Waals surface area contributed by atoms with Crippen LogP contribution in [0.25, 0.3) is 0 Å². The predicted molar refractivity (Wildman–Crippen MR) is 45.7 cm³/mol. The first-order valence-electron chi connectivity index (χ1n) is 3.48. The molecule has 0 N–H and O–H groups in total. The standard InChI is InChI=1S/C9H7ClFN/c1-6(11)7-2-3-8(5-12)9(10)4-7/h2-4,6H,1H3. The van der Waals surface area contributed by atoms with Crippen molar-refractivity contribution in [3.05, 3.63) is 34.3 Å². The van der Waals surface area contributed by atoms with E-state index < -0.39 is 6.17 Å². The number of nitrogens with zero attached hydrogens (tertiary/aromatic N) is 1. The minimum Gasteiger partial charge on any atom is -0.243 e. The summed E-state index contributed by atoms with van der Waals surface area (Å²) in [4.78, 5) is 0. The lowest BCUT2D eigenvalue weighted by Crippen LogP contribution is -1.86. The van der Waals surface area contributed by atoms with Crippen LogP contribution in [0.5, 0.6) is 0 Å². The van der Waals surface area contributed by atoms with E-state index in [9.17, 15) is 4.39 Å². The maximum Gasteiger partial charge on any atom is 0.122 e. The van der Waals surface area contributed by atoms with Gasteiger partial charge in [0.15, 0.2) is 0 Å². The summed E-state index contributed by atoms with van der Waals surface area (Å²) >= 11 is 5.68. The van der Waals surface area contributed by atoms with Gasteiger partial charge in [0.1, 0.15) is 12.2 Å². The van der Waals surface area contributed by atoms with Crippen LogP contribution in [0.1, 0.15) is 24.2 Å². The SMILES string of the molecule is CC(F)c1ccc(C#N)c(Cl)c1. The van der Waals surface area contributed by atoms with Gasteiger partial charge in [0.2, 0.25) is 0 Å². The zero-order valence-corrected chi connectivity index (χ0v) is 7.27. The van der Waals surface area contributed by atoms with Crippen molar-refractivity contribution in [1.29, 1.82) is 5.26 Å². The Morgan fingerprint density at radius 1 is 1.58 bits per heavy atom. The summed E-state index contributed by atoms with van der Waals surface area (Å²) in [6, 6.07) is 6.47. The van der Waals surface area contributed by atoms with Gasteiger partial charge in [0, 0.05) is 0 Å². The van der Waals surface area contributed by atoms with Gasteiger partial charge in [0.25, 0.3) is 0 Å². The van der Waals surface area contributed by atoms with Crippen LogP contribution in [0.15, 0.2) is 18.2 Å². The van der Waals surface area contributed by atoms with Crippen LogP contribution in [-0.2, 0) is 0 Å². The van der Waals surface area contributed by atoms with Crippen molar-refractivity contribution in [2.75, 3.05) is 0 Å². The van der Waals surface area contributed by atoms with Crippen molar-refractivity contribution in [3.63, 3.8) is 0 Å². The molecular weight excluding hydrogens is 177 g/mol. The number of halogens is 2. The van der Waals surface area contributed by atoms with Gasteiger partial charge >= 0.3 is 0 Å². The van der Waals surface area contributed by atoms with Crippen LogP contribution >= 0.6 is 11.6 Å². The molecule has 1 aromatic carbocycles. The summed E-state index contributed by atoms with van der Waals surface area (Å²) in [6.07, 6.45) is -1.05. The molecule has 0 amide bonds. The van der Waals surface area contributed by atoms with E-state index in [2.05, 4.69) is 0 Å². The lowest BCUT2D eigenvalue weighted by molar-refractivity contribution is 0.374. The van der Waals surface area contributed by atoms with E-state index in [1.165, 1.54) is 19.1 Å². The van der Waals surface area contributed by atoms with Crippen molar-refractivity contribution in [2.24, 2.45) is 0 Å². The minimum atomic E-state index is -1.05. The highest BCUT2D eigenvalue weighted by molar-refractivity contribution is 6.31. The molecule has 1 nitrogen and oxygen atoms in total. The van der Waals surface area contributed by atoms with Crippen molar-refractivity contribution in [1.82, 2.24) is 0 Å². The lowest BCUT2D eigenvalue weighted by atomic mass is 10.1. The van der Waals surface area contributed by atoms with Gasteiger partial charge < -0.3 is 0 Å². The average molecular weight is 184 g/mol. The molecule has 0 aliphatic rings. The van der Waals surface area contributed by atoms with Gasteiger partial charge in [-0.05, 0) is 24.6 Å². The quantitative estimate of drug-likeness (QED) is 0.656. The fourth-order valence-corrected chi connectivity index (χ4v) is 1.10. The molecule has 0 bridgehead atoms. The van der Waals surface area contributed by atoms with Crippen molar-refractivity contribution in [2.45, 2.75) is 13.1 Å². The van der Waals surface area contributed by atoms with E-state index in [0.29, 0.717) is 16.1 Å². The van der Waals surface area contributed by atoms with Crippen molar-refractivity contribution < 1.29 is 4.39 Å². The Hall–Kier alpha value is -1.07. The smallest absolute Gasteiger partial charge is 0.122 e. The Morgan fingerprint density at radius 3 is 2.67 bits per heavy atom. The highest BCUT2D eigenvalue weighted by Crippen LogP contribution is 2.22. The Labute approximate surface area is 75.4 Å². The van der Waals surface area contributed by atoms with Gasteiger partial charge in [-0.25, -0.2) is 4.39 Å². The molecule has 0 heterocycles. The zero-order chi connectivity index (χ0) is 9.14. The summed E-state index contributed by atoms with van der Waals surface area (Å²) < 4.78 is 12.7. The maximum absolute atomic E-state index is 12.7. The topological polar surface area (TPSA) is 23.8 Å². The number of benzene rings is 1. The zero-order valence-electron chi connectivity index (χ0n) is 6.51. The first-order chi connectivity index (χ1) is 5.65. The van der Waals surface area contributed by atoms with Gasteiger partial charge in [0.05, 0.1) is 10.6 Å². The molecule has 0 saturated heterocycles. The monoisotopic (exact) mass is 183 g/mol. The van der Waals surface area contributed by atoms with Crippen LogP contribution < -0.4 is 0 Å². The van der Waals surface area contributed by atoms with Gasteiger partial charge in [-0.1, -0.05) is 17.7 Å². The van der Waals surface area contributed by atoms with Crippen LogP contribution in [-0.4, -0.2) is 0 Å². The summed E-state index contributed by atoms with van der Waals surface area (Å²) in [5.41, 5.74) is 0.875. The molecule has 0 radical (unpaired) electrons. The van der Waals surface area contributed by atoms with E-state index in [4.69, 9.17) is 16.9 Å². The third kappa shape index (κ3) is 1.75. The molecule has 1 rings (SSSR count). The molecule has 62 valence electrons. The van der Waals surface area contributed by atoms with E-state index >= 15 is 0 Å². The average Bonchev–Trinajstić information content (AvgIpc) is 2.04. The largest absolute Gasteiger partial charge is 0.243 e. The molecule has 3 heteroatoms. The van der Waals surface area contributed by atoms with Crippen molar-refractivity contribution in [3.8, 4) is 6.07 Å². The maximum atomic E-state index is 12.7. The third-order valence-electron chi connectivity index (χ3n) is 1.57. The van der Waals surface area contributed by atoms with E-state index in [1.807, 2.05) is 6.07 Å². The Balaban J connectivity index is 3.12. The highest BCUT2D eigenvalue weighted by Gasteiger charge is 2.05. The second-order valence-corrected chi connectivity index (χ2v) is 2.87. The molecule has 0 spiro atoms. The Bertz CT molecular complexity index is 328. The van der Waals surface area contributed by atoms with E-state index in [1.54, 1.807) is 6.07 Å². The molecular formula is C9H7ClFN. The molecule has 0 saturated carbocycles. The number of hydrogen-bond acceptors (Lipinski definition) is 1. The molecule has 1 aromatic rings. The third-order valence-corrected chi connectivity index (χ3v) is 1.89. The fraction of sp³-hybridized carbons (Fsp3) is 0.222. The van der Waals surface area contributed by atoms with Gasteiger partial charge in [-0.15, -0.1) is 0 Å². The lowest BCUT2D eigenvalue weighted by Gasteiger charge is -2.02. The van der Waals surface area contributed by atoms with Crippen LogP contribution in [0.3, 0.4) is 0 Å². The predicted octanol–water partition coefficient (Wildman–Crippen LogP) is 3.24. The molecule has 0 fully saturated rings. The second kappa shape index (κ2) is 3.55. The Kier molecular flexibility index (Phi) is 2.67. The summed E-state index contributed by atoms with van der Waals surface area (Å²) in [5.74, 6) is 0. The molecule has 0 aromatic heterocycles. The molecule has 0 aliphatic heterocycles.